The van der Waals surface area contributed by atoms with Gasteiger partial charge in [0, 0.05) is 12.1 Å². The van der Waals surface area contributed by atoms with Crippen LogP contribution in [0.15, 0.2) is 24.3 Å². The second-order valence-corrected chi connectivity index (χ2v) is 4.70. The van der Waals surface area contributed by atoms with E-state index in [4.69, 9.17) is 5.11 Å². The number of benzene rings is 1. The fraction of sp³-hybridized carbons (Fsp3) is 0.385. The monoisotopic (exact) mass is 280 g/mol. The van der Waals surface area contributed by atoms with Gasteiger partial charge in [-0.3, -0.25) is 19.7 Å². The molecule has 1 aromatic rings. The third-order valence-corrected chi connectivity index (χ3v) is 2.86. The Morgan fingerprint density at radius 2 is 1.95 bits per heavy atom. The maximum absolute atomic E-state index is 12.1. The van der Waals surface area contributed by atoms with Crippen LogP contribution in [0.4, 0.5) is 5.69 Å². The molecule has 108 valence electrons. The van der Waals surface area contributed by atoms with Crippen molar-refractivity contribution < 1.29 is 19.6 Å². The van der Waals surface area contributed by atoms with Crippen molar-refractivity contribution in [3.05, 3.63) is 39.9 Å². The number of carbonyl (C=O) groups excluding carboxylic acids is 1. The molecule has 1 amide bonds. The highest BCUT2D eigenvalue weighted by molar-refractivity contribution is 5.98. The number of rotatable bonds is 6. The molecule has 0 bridgehead atoms. The predicted octanol–water partition coefficient (Wildman–Crippen LogP) is 1.82. The maximum Gasteiger partial charge on any atom is 0.305 e. The lowest BCUT2D eigenvalue weighted by Crippen LogP contribution is -2.40. The largest absolute Gasteiger partial charge is 0.481 e. The van der Waals surface area contributed by atoms with Crippen LogP contribution in [-0.2, 0) is 4.79 Å². The highest BCUT2D eigenvalue weighted by Crippen LogP contribution is 2.18. The van der Waals surface area contributed by atoms with Crippen LogP contribution in [0.5, 0.6) is 0 Å². The van der Waals surface area contributed by atoms with Crippen LogP contribution in [0.3, 0.4) is 0 Å². The molecule has 1 aromatic carbocycles. The Bertz CT molecular complexity index is 527. The van der Waals surface area contributed by atoms with E-state index in [1.165, 1.54) is 24.3 Å². The quantitative estimate of drug-likeness (QED) is 0.610. The van der Waals surface area contributed by atoms with Crippen LogP contribution in [0.1, 0.15) is 30.6 Å². The average Bonchev–Trinajstić information content (AvgIpc) is 2.37. The molecule has 0 saturated heterocycles. The van der Waals surface area contributed by atoms with Crippen molar-refractivity contribution in [2.45, 2.75) is 26.3 Å². The number of nitro groups is 1. The molecule has 1 rings (SSSR count). The second kappa shape index (κ2) is 6.65. The number of carboxylic acid groups (broad SMARTS) is 1. The number of carboxylic acids is 1. The van der Waals surface area contributed by atoms with Crippen molar-refractivity contribution in [1.29, 1.82) is 0 Å². The SMILES string of the molecule is CC(C)C(CC(=O)O)NC(=O)c1ccccc1[N+](=O)[O-]. The van der Waals surface area contributed by atoms with Crippen LogP contribution in [0.25, 0.3) is 0 Å². The summed E-state index contributed by atoms with van der Waals surface area (Å²) >= 11 is 0. The number of hydrogen-bond acceptors (Lipinski definition) is 4. The van der Waals surface area contributed by atoms with Crippen molar-refractivity contribution in [3.8, 4) is 0 Å². The summed E-state index contributed by atoms with van der Waals surface area (Å²) < 4.78 is 0. The van der Waals surface area contributed by atoms with Gasteiger partial charge in [0.2, 0.25) is 0 Å². The summed E-state index contributed by atoms with van der Waals surface area (Å²) in [6.45, 7) is 3.54. The smallest absolute Gasteiger partial charge is 0.305 e. The summed E-state index contributed by atoms with van der Waals surface area (Å²) in [6, 6.07) is 4.97. The lowest BCUT2D eigenvalue weighted by molar-refractivity contribution is -0.385. The van der Waals surface area contributed by atoms with Gasteiger partial charge in [-0.2, -0.15) is 0 Å². The van der Waals surface area contributed by atoms with Gasteiger partial charge in [-0.25, -0.2) is 0 Å². The molecule has 0 aliphatic carbocycles. The van der Waals surface area contributed by atoms with Gasteiger partial charge < -0.3 is 10.4 Å². The molecule has 1 unspecified atom stereocenters. The van der Waals surface area contributed by atoms with Crippen LogP contribution >= 0.6 is 0 Å². The zero-order valence-electron chi connectivity index (χ0n) is 11.2. The Kier molecular flexibility index (Phi) is 5.19. The first-order valence-corrected chi connectivity index (χ1v) is 6.09. The van der Waals surface area contributed by atoms with E-state index in [0.717, 1.165) is 0 Å². The highest BCUT2D eigenvalue weighted by Gasteiger charge is 2.24. The molecule has 0 saturated carbocycles. The molecule has 7 heteroatoms. The first-order valence-electron chi connectivity index (χ1n) is 6.09. The standard InChI is InChI=1S/C13H16N2O5/c1-8(2)10(7-12(16)17)14-13(18)9-5-3-4-6-11(9)15(19)20/h3-6,8,10H,7H2,1-2H3,(H,14,18)(H,16,17). The third-order valence-electron chi connectivity index (χ3n) is 2.86. The predicted molar refractivity (Wildman–Crippen MR) is 71.4 cm³/mol. The van der Waals surface area contributed by atoms with Gasteiger partial charge >= 0.3 is 5.97 Å². The van der Waals surface area contributed by atoms with E-state index in [1.54, 1.807) is 13.8 Å². The van der Waals surface area contributed by atoms with Gasteiger partial charge in [0.05, 0.1) is 11.3 Å². The van der Waals surface area contributed by atoms with Gasteiger partial charge in [-0.1, -0.05) is 26.0 Å². The first-order chi connectivity index (χ1) is 9.32. The van der Waals surface area contributed by atoms with Gasteiger partial charge in [0.25, 0.3) is 11.6 Å². The van der Waals surface area contributed by atoms with Crippen molar-refractivity contribution in [2.75, 3.05) is 0 Å². The van der Waals surface area contributed by atoms with Gasteiger partial charge in [-0.05, 0) is 12.0 Å². The molecule has 0 heterocycles. The van der Waals surface area contributed by atoms with Gasteiger partial charge in [0.15, 0.2) is 0 Å². The van der Waals surface area contributed by atoms with Crippen molar-refractivity contribution in [3.63, 3.8) is 0 Å². The molecule has 0 aliphatic rings. The molecule has 2 N–H and O–H groups in total. The molecular formula is C13H16N2O5. The molecule has 0 radical (unpaired) electrons. The lowest BCUT2D eigenvalue weighted by atomic mass is 10.0. The zero-order chi connectivity index (χ0) is 15.3. The number of hydrogen-bond donors (Lipinski definition) is 2. The van der Waals surface area contributed by atoms with E-state index in [9.17, 15) is 19.7 Å². The Morgan fingerprint density at radius 3 is 2.45 bits per heavy atom. The minimum atomic E-state index is -1.04. The summed E-state index contributed by atoms with van der Waals surface area (Å²) in [4.78, 5) is 33.0. The molecule has 0 aromatic heterocycles. The van der Waals surface area contributed by atoms with E-state index in [-0.39, 0.29) is 23.6 Å². The Labute approximate surface area is 115 Å². The number of nitrogens with zero attached hydrogens (tertiary/aromatic N) is 1. The van der Waals surface area contributed by atoms with E-state index in [1.807, 2.05) is 0 Å². The molecule has 1 atom stereocenters. The molecule has 7 nitrogen and oxygen atoms in total. The van der Waals surface area contributed by atoms with Crippen LogP contribution < -0.4 is 5.32 Å². The summed E-state index contributed by atoms with van der Waals surface area (Å²) in [6.07, 6.45) is -0.232. The Morgan fingerprint density at radius 1 is 1.35 bits per heavy atom. The van der Waals surface area contributed by atoms with E-state index >= 15 is 0 Å². The minimum absolute atomic E-state index is 0.0754. The summed E-state index contributed by atoms with van der Waals surface area (Å²) in [5, 5.41) is 22.2. The number of aliphatic carboxylic acids is 1. The second-order valence-electron chi connectivity index (χ2n) is 4.70. The Hall–Kier alpha value is -2.44. The summed E-state index contributed by atoms with van der Waals surface area (Å²) in [5.41, 5.74) is -0.378. The fourth-order valence-electron chi connectivity index (χ4n) is 1.71. The average molecular weight is 280 g/mol. The van der Waals surface area contributed by atoms with Crippen LogP contribution in [-0.4, -0.2) is 27.9 Å². The molecule has 0 fully saturated rings. The molecule has 20 heavy (non-hydrogen) atoms. The fourth-order valence-corrected chi connectivity index (χ4v) is 1.71. The lowest BCUT2D eigenvalue weighted by Gasteiger charge is -2.20. The van der Waals surface area contributed by atoms with Crippen molar-refractivity contribution >= 4 is 17.6 Å². The van der Waals surface area contributed by atoms with Crippen LogP contribution in [0.2, 0.25) is 0 Å². The number of nitrogens with one attached hydrogen (secondary N) is 1. The molecular weight excluding hydrogens is 264 g/mol. The highest BCUT2D eigenvalue weighted by atomic mass is 16.6. The zero-order valence-corrected chi connectivity index (χ0v) is 11.2. The Balaban J connectivity index is 2.95. The van der Waals surface area contributed by atoms with Gasteiger partial charge in [-0.15, -0.1) is 0 Å². The van der Waals surface area contributed by atoms with E-state index in [0.29, 0.717) is 0 Å². The van der Waals surface area contributed by atoms with Crippen molar-refractivity contribution in [1.82, 2.24) is 5.32 Å². The molecule has 0 aliphatic heterocycles. The van der Waals surface area contributed by atoms with Crippen LogP contribution in [0, 0.1) is 16.0 Å². The van der Waals surface area contributed by atoms with E-state index in [2.05, 4.69) is 5.32 Å². The maximum atomic E-state index is 12.1. The van der Waals surface area contributed by atoms with Crippen molar-refractivity contribution in [2.24, 2.45) is 5.92 Å². The number of para-hydroxylation sites is 1. The third kappa shape index (κ3) is 4.04. The number of nitro benzene ring substituents is 1. The minimum Gasteiger partial charge on any atom is -0.481 e. The van der Waals surface area contributed by atoms with E-state index < -0.39 is 22.8 Å². The summed E-state index contributed by atoms with van der Waals surface area (Å²) in [5.74, 6) is -1.78. The summed E-state index contributed by atoms with van der Waals surface area (Å²) in [7, 11) is 0. The number of carbonyl (C=O) groups is 2. The van der Waals surface area contributed by atoms with Gasteiger partial charge in [0.1, 0.15) is 5.56 Å². The number of amides is 1. The molecule has 0 spiro atoms. The first kappa shape index (κ1) is 15.6. The topological polar surface area (TPSA) is 110 Å². The normalized spacial score (nSPS) is 11.9.